The number of para-hydroxylation sites is 2. The molecule has 2 aromatic heterocycles. The van der Waals surface area contributed by atoms with Crippen molar-refractivity contribution in [2.24, 2.45) is 0 Å². The summed E-state index contributed by atoms with van der Waals surface area (Å²) in [6.07, 6.45) is 3.52. The van der Waals surface area contributed by atoms with Crippen LogP contribution in [0.1, 0.15) is 0 Å². The first-order valence-electron chi connectivity index (χ1n) is 12.7. The van der Waals surface area contributed by atoms with Crippen molar-refractivity contribution < 1.29 is 0 Å². The molecule has 2 heterocycles. The van der Waals surface area contributed by atoms with Crippen molar-refractivity contribution in [1.82, 2.24) is 14.5 Å². The van der Waals surface area contributed by atoms with Crippen LogP contribution in [0.4, 0.5) is 11.4 Å². The van der Waals surface area contributed by atoms with Gasteiger partial charge in [0.15, 0.2) is 5.82 Å². The number of anilines is 2. The van der Waals surface area contributed by atoms with Crippen LogP contribution in [-0.4, -0.2) is 14.5 Å². The summed E-state index contributed by atoms with van der Waals surface area (Å²) in [6.45, 7) is 0. The Bertz CT molecular complexity index is 1850. The molecule has 4 nitrogen and oxygen atoms in total. The third-order valence-electron chi connectivity index (χ3n) is 6.90. The summed E-state index contributed by atoms with van der Waals surface area (Å²) >= 11 is 0. The highest BCUT2D eigenvalue weighted by Crippen LogP contribution is 2.35. The number of fused-ring (bicyclic) bond motifs is 3. The SMILES string of the molecule is c1ccc(-n2c3ccccc3c3cc(-c4ccc(Nc5ccc(-c6ncccn6)cc5)cc4)ccc32)cc1. The molecule has 7 aromatic rings. The van der Waals surface area contributed by atoms with Crippen LogP contribution in [0.5, 0.6) is 0 Å². The van der Waals surface area contributed by atoms with Crippen molar-refractivity contribution in [3.8, 4) is 28.2 Å². The first kappa shape index (κ1) is 22.0. The van der Waals surface area contributed by atoms with E-state index in [1.807, 2.05) is 18.2 Å². The average molecular weight is 489 g/mol. The zero-order valence-corrected chi connectivity index (χ0v) is 20.6. The fourth-order valence-corrected chi connectivity index (χ4v) is 5.07. The van der Waals surface area contributed by atoms with Crippen molar-refractivity contribution in [2.45, 2.75) is 0 Å². The maximum absolute atomic E-state index is 4.32. The van der Waals surface area contributed by atoms with Crippen LogP contribution >= 0.6 is 0 Å². The van der Waals surface area contributed by atoms with Crippen LogP contribution in [0.15, 0.2) is 140 Å². The maximum atomic E-state index is 4.32. The van der Waals surface area contributed by atoms with Crippen molar-refractivity contribution in [2.75, 3.05) is 5.32 Å². The number of nitrogens with one attached hydrogen (secondary N) is 1. The van der Waals surface area contributed by atoms with Gasteiger partial charge in [0.2, 0.25) is 0 Å². The minimum absolute atomic E-state index is 0.729. The fraction of sp³-hybridized carbons (Fsp3) is 0. The van der Waals surface area contributed by atoms with Crippen LogP contribution in [0.3, 0.4) is 0 Å². The molecule has 7 rings (SSSR count). The zero-order chi connectivity index (χ0) is 25.3. The Morgan fingerprint density at radius 2 is 1.08 bits per heavy atom. The summed E-state index contributed by atoms with van der Waals surface area (Å²) in [7, 11) is 0. The molecule has 0 atom stereocenters. The Kier molecular flexibility index (Phi) is 5.41. The van der Waals surface area contributed by atoms with Gasteiger partial charge in [0.25, 0.3) is 0 Å². The summed E-state index contributed by atoms with van der Waals surface area (Å²) in [5.74, 6) is 0.729. The molecule has 0 spiro atoms. The molecule has 0 bridgehead atoms. The molecular formula is C34H24N4. The third kappa shape index (κ3) is 3.98. The maximum Gasteiger partial charge on any atom is 0.159 e. The molecular weight excluding hydrogens is 464 g/mol. The van der Waals surface area contributed by atoms with Gasteiger partial charge in [0.05, 0.1) is 11.0 Å². The van der Waals surface area contributed by atoms with E-state index >= 15 is 0 Å². The highest BCUT2D eigenvalue weighted by Gasteiger charge is 2.13. The molecule has 1 N–H and O–H groups in total. The van der Waals surface area contributed by atoms with Crippen molar-refractivity contribution in [3.63, 3.8) is 0 Å². The fourth-order valence-electron chi connectivity index (χ4n) is 5.07. The molecule has 0 fully saturated rings. The number of hydrogen-bond acceptors (Lipinski definition) is 3. The van der Waals surface area contributed by atoms with Gasteiger partial charge in [-0.2, -0.15) is 0 Å². The standard InChI is InChI=1S/C34H24N4/c1-2-7-29(8-3-1)38-32-10-5-4-9-30(32)31-23-26(15-20-33(31)38)24-11-16-27(17-12-24)37-28-18-13-25(14-19-28)34-35-21-6-22-36-34/h1-23,37H. The molecule has 4 heteroatoms. The average Bonchev–Trinajstić information content (AvgIpc) is 3.33. The molecule has 38 heavy (non-hydrogen) atoms. The van der Waals surface area contributed by atoms with Gasteiger partial charge in [-0.1, -0.05) is 54.6 Å². The van der Waals surface area contributed by atoms with Gasteiger partial charge in [-0.25, -0.2) is 9.97 Å². The number of rotatable bonds is 5. The predicted molar refractivity (Wildman–Crippen MR) is 157 cm³/mol. The van der Waals surface area contributed by atoms with E-state index in [-0.39, 0.29) is 0 Å². The topological polar surface area (TPSA) is 42.7 Å². The molecule has 0 unspecified atom stereocenters. The lowest BCUT2D eigenvalue weighted by molar-refractivity contribution is 1.18. The quantitative estimate of drug-likeness (QED) is 0.264. The number of hydrogen-bond donors (Lipinski definition) is 1. The Hall–Kier alpha value is -5.22. The second kappa shape index (κ2) is 9.34. The van der Waals surface area contributed by atoms with Gasteiger partial charge in [0, 0.05) is 45.8 Å². The third-order valence-corrected chi connectivity index (χ3v) is 6.90. The second-order valence-corrected chi connectivity index (χ2v) is 9.27. The minimum Gasteiger partial charge on any atom is -0.356 e. The molecule has 0 aliphatic rings. The van der Waals surface area contributed by atoms with E-state index in [4.69, 9.17) is 0 Å². The van der Waals surface area contributed by atoms with Crippen LogP contribution < -0.4 is 5.32 Å². The monoisotopic (exact) mass is 488 g/mol. The number of aromatic nitrogens is 3. The normalized spacial score (nSPS) is 11.2. The van der Waals surface area contributed by atoms with Crippen LogP contribution in [-0.2, 0) is 0 Å². The molecule has 0 amide bonds. The molecule has 5 aromatic carbocycles. The Morgan fingerprint density at radius 3 is 1.82 bits per heavy atom. The van der Waals surface area contributed by atoms with Gasteiger partial charge in [-0.15, -0.1) is 0 Å². The lowest BCUT2D eigenvalue weighted by Gasteiger charge is -2.10. The summed E-state index contributed by atoms with van der Waals surface area (Å²) in [4.78, 5) is 8.64. The van der Waals surface area contributed by atoms with E-state index in [1.165, 1.54) is 38.6 Å². The van der Waals surface area contributed by atoms with Crippen LogP contribution in [0.2, 0.25) is 0 Å². The largest absolute Gasteiger partial charge is 0.356 e. The second-order valence-electron chi connectivity index (χ2n) is 9.27. The lowest BCUT2D eigenvalue weighted by Crippen LogP contribution is -1.93. The predicted octanol–water partition coefficient (Wildman–Crippen LogP) is 8.65. The van der Waals surface area contributed by atoms with E-state index in [9.17, 15) is 0 Å². The molecule has 0 saturated heterocycles. The van der Waals surface area contributed by atoms with Crippen molar-refractivity contribution >= 4 is 33.2 Å². The summed E-state index contributed by atoms with van der Waals surface area (Å²) in [5.41, 5.74) is 9.05. The Morgan fingerprint density at radius 1 is 0.474 bits per heavy atom. The van der Waals surface area contributed by atoms with Gasteiger partial charge < -0.3 is 9.88 Å². The van der Waals surface area contributed by atoms with E-state index < -0.39 is 0 Å². The first-order chi connectivity index (χ1) is 18.8. The van der Waals surface area contributed by atoms with Crippen molar-refractivity contribution in [3.05, 3.63) is 140 Å². The van der Waals surface area contributed by atoms with Crippen LogP contribution in [0, 0.1) is 0 Å². The first-order valence-corrected chi connectivity index (χ1v) is 12.7. The molecule has 0 saturated carbocycles. The van der Waals surface area contributed by atoms with E-state index in [1.54, 1.807) is 12.4 Å². The van der Waals surface area contributed by atoms with Gasteiger partial charge in [-0.3, -0.25) is 0 Å². The van der Waals surface area contributed by atoms with Gasteiger partial charge >= 0.3 is 0 Å². The van der Waals surface area contributed by atoms with E-state index in [2.05, 4.69) is 129 Å². The summed E-state index contributed by atoms with van der Waals surface area (Å²) in [6, 6.07) is 44.5. The molecule has 0 radical (unpaired) electrons. The van der Waals surface area contributed by atoms with Crippen molar-refractivity contribution in [1.29, 1.82) is 0 Å². The highest BCUT2D eigenvalue weighted by molar-refractivity contribution is 6.10. The molecule has 0 aliphatic carbocycles. The summed E-state index contributed by atoms with van der Waals surface area (Å²) < 4.78 is 2.34. The number of nitrogens with zero attached hydrogens (tertiary/aromatic N) is 3. The van der Waals surface area contributed by atoms with E-state index in [0.717, 1.165) is 22.8 Å². The van der Waals surface area contributed by atoms with Crippen LogP contribution in [0.25, 0.3) is 50.0 Å². The Labute approximate surface area is 220 Å². The molecule has 0 aliphatic heterocycles. The molecule has 180 valence electrons. The Balaban J connectivity index is 1.18. The van der Waals surface area contributed by atoms with E-state index in [0.29, 0.717) is 0 Å². The zero-order valence-electron chi connectivity index (χ0n) is 20.6. The van der Waals surface area contributed by atoms with Gasteiger partial charge in [0.1, 0.15) is 0 Å². The smallest absolute Gasteiger partial charge is 0.159 e. The minimum atomic E-state index is 0.729. The lowest BCUT2D eigenvalue weighted by atomic mass is 10.0. The summed E-state index contributed by atoms with van der Waals surface area (Å²) in [5, 5.41) is 6.01. The van der Waals surface area contributed by atoms with Gasteiger partial charge in [-0.05, 0) is 83.9 Å². The highest BCUT2D eigenvalue weighted by atomic mass is 15.0. The number of benzene rings is 5.